The Morgan fingerprint density at radius 1 is 0.929 bits per heavy atom. The smallest absolute Gasteiger partial charge is 0.256 e. The lowest BCUT2D eigenvalue weighted by Gasteiger charge is -2.34. The fourth-order valence-electron chi connectivity index (χ4n) is 3.10. The molecule has 1 aromatic heterocycles. The lowest BCUT2D eigenvalue weighted by Crippen LogP contribution is -2.49. The number of halogens is 3. The average molecular weight is 403 g/mol. The Morgan fingerprint density at radius 3 is 2.29 bits per heavy atom. The fraction of sp³-hybridized carbons (Fsp3) is 0.200. The van der Waals surface area contributed by atoms with Crippen LogP contribution in [0.4, 0.5) is 18.3 Å². The molecular weight excluding hydrogens is 387 g/mol. The van der Waals surface area contributed by atoms with E-state index in [-0.39, 0.29) is 11.4 Å². The van der Waals surface area contributed by atoms with Crippen molar-refractivity contribution in [3.8, 4) is 11.3 Å². The van der Waals surface area contributed by atoms with Crippen LogP contribution in [0.1, 0.15) is 10.4 Å². The number of carbonyl (C=O) groups excluding carboxylic acids is 1. The first-order valence-corrected chi connectivity index (χ1v) is 9.60. The van der Waals surface area contributed by atoms with Gasteiger partial charge in [0.2, 0.25) is 0 Å². The van der Waals surface area contributed by atoms with Gasteiger partial charge in [-0.05, 0) is 36.4 Å². The highest BCUT2D eigenvalue weighted by Crippen LogP contribution is 2.28. The van der Waals surface area contributed by atoms with Crippen LogP contribution in [0.2, 0.25) is 0 Å². The second-order valence-corrected chi connectivity index (χ2v) is 7.26. The summed E-state index contributed by atoms with van der Waals surface area (Å²) >= 11 is 1.48. The molecule has 28 heavy (non-hydrogen) atoms. The molecule has 144 valence electrons. The predicted molar refractivity (Wildman–Crippen MR) is 102 cm³/mol. The molecule has 2 aromatic carbocycles. The molecule has 0 aliphatic carbocycles. The summed E-state index contributed by atoms with van der Waals surface area (Å²) in [6.45, 7) is 1.96. The molecule has 1 amide bonds. The number of piperazine rings is 1. The number of nitrogens with zero attached hydrogens (tertiary/aromatic N) is 3. The zero-order chi connectivity index (χ0) is 19.7. The van der Waals surface area contributed by atoms with Crippen LogP contribution < -0.4 is 4.90 Å². The molecule has 1 saturated heterocycles. The normalized spacial score (nSPS) is 14.4. The second-order valence-electron chi connectivity index (χ2n) is 6.43. The van der Waals surface area contributed by atoms with Crippen molar-refractivity contribution in [1.29, 1.82) is 0 Å². The minimum atomic E-state index is -0.851. The van der Waals surface area contributed by atoms with Gasteiger partial charge in [-0.15, -0.1) is 11.3 Å². The van der Waals surface area contributed by atoms with Gasteiger partial charge in [0, 0.05) is 43.2 Å². The van der Waals surface area contributed by atoms with Gasteiger partial charge < -0.3 is 9.80 Å². The van der Waals surface area contributed by atoms with Crippen molar-refractivity contribution in [2.24, 2.45) is 0 Å². The van der Waals surface area contributed by atoms with E-state index in [0.717, 1.165) is 28.5 Å². The molecular formula is C20H16F3N3OS. The summed E-state index contributed by atoms with van der Waals surface area (Å²) in [4.78, 5) is 20.7. The predicted octanol–water partition coefficient (Wildman–Crippen LogP) is 4.19. The van der Waals surface area contributed by atoms with Crippen LogP contribution in [0.15, 0.2) is 47.8 Å². The second kappa shape index (κ2) is 7.63. The van der Waals surface area contributed by atoms with Gasteiger partial charge in [0.1, 0.15) is 17.5 Å². The van der Waals surface area contributed by atoms with Crippen LogP contribution in [0.25, 0.3) is 11.3 Å². The van der Waals surface area contributed by atoms with E-state index in [1.807, 2.05) is 5.38 Å². The van der Waals surface area contributed by atoms with Gasteiger partial charge in [-0.25, -0.2) is 18.2 Å². The maximum atomic E-state index is 13.9. The molecule has 2 heterocycles. The molecule has 8 heteroatoms. The Balaban J connectivity index is 1.41. The molecule has 0 spiro atoms. The third-order valence-corrected chi connectivity index (χ3v) is 5.53. The Bertz CT molecular complexity index is 998. The molecule has 1 aliphatic heterocycles. The zero-order valence-corrected chi connectivity index (χ0v) is 15.6. The number of hydrogen-bond acceptors (Lipinski definition) is 4. The van der Waals surface area contributed by atoms with Gasteiger partial charge in [0.25, 0.3) is 5.91 Å². The number of hydrogen-bond donors (Lipinski definition) is 0. The summed E-state index contributed by atoms with van der Waals surface area (Å²) in [6.07, 6.45) is 0. The molecule has 4 nitrogen and oxygen atoms in total. The Labute approximate surface area is 163 Å². The van der Waals surface area contributed by atoms with Crippen molar-refractivity contribution in [2.75, 3.05) is 31.1 Å². The zero-order valence-electron chi connectivity index (χ0n) is 14.7. The van der Waals surface area contributed by atoms with Crippen LogP contribution in [-0.4, -0.2) is 42.0 Å². The third kappa shape index (κ3) is 3.73. The monoisotopic (exact) mass is 403 g/mol. The summed E-state index contributed by atoms with van der Waals surface area (Å²) < 4.78 is 40.0. The molecule has 0 unspecified atom stereocenters. The first-order valence-electron chi connectivity index (χ1n) is 8.72. The number of thiazole rings is 1. The number of anilines is 1. The van der Waals surface area contributed by atoms with E-state index in [1.165, 1.54) is 29.5 Å². The van der Waals surface area contributed by atoms with Gasteiger partial charge in [-0.3, -0.25) is 4.79 Å². The molecule has 0 radical (unpaired) electrons. The Hall–Kier alpha value is -2.87. The van der Waals surface area contributed by atoms with Crippen molar-refractivity contribution in [3.63, 3.8) is 0 Å². The summed E-state index contributed by atoms with van der Waals surface area (Å²) in [5.74, 6) is -2.29. The van der Waals surface area contributed by atoms with E-state index < -0.39 is 17.5 Å². The summed E-state index contributed by atoms with van der Waals surface area (Å²) in [6, 6.07) is 9.13. The van der Waals surface area contributed by atoms with E-state index in [1.54, 1.807) is 17.0 Å². The SMILES string of the molecule is O=C(c1ccc(F)cc1F)N1CCN(c2nc(-c3ccc(F)cc3)cs2)CC1. The van der Waals surface area contributed by atoms with Crippen LogP contribution >= 0.6 is 11.3 Å². The van der Waals surface area contributed by atoms with Crippen molar-refractivity contribution in [1.82, 2.24) is 9.88 Å². The summed E-state index contributed by atoms with van der Waals surface area (Å²) in [5, 5.41) is 2.73. The van der Waals surface area contributed by atoms with Crippen molar-refractivity contribution in [2.45, 2.75) is 0 Å². The molecule has 3 aromatic rings. The number of amides is 1. The van der Waals surface area contributed by atoms with Crippen LogP contribution in [0, 0.1) is 17.5 Å². The topological polar surface area (TPSA) is 36.4 Å². The summed E-state index contributed by atoms with van der Waals surface area (Å²) in [5.41, 5.74) is 1.49. The highest BCUT2D eigenvalue weighted by atomic mass is 32.1. The fourth-order valence-corrected chi connectivity index (χ4v) is 3.99. The Morgan fingerprint density at radius 2 is 1.61 bits per heavy atom. The average Bonchev–Trinajstić information content (AvgIpc) is 3.18. The highest BCUT2D eigenvalue weighted by Gasteiger charge is 2.25. The first-order chi connectivity index (χ1) is 13.5. The minimum Gasteiger partial charge on any atom is -0.345 e. The van der Waals surface area contributed by atoms with Gasteiger partial charge in [-0.2, -0.15) is 0 Å². The number of aromatic nitrogens is 1. The lowest BCUT2D eigenvalue weighted by atomic mass is 10.1. The lowest BCUT2D eigenvalue weighted by molar-refractivity contribution is 0.0742. The van der Waals surface area contributed by atoms with E-state index >= 15 is 0 Å². The van der Waals surface area contributed by atoms with E-state index in [0.29, 0.717) is 26.2 Å². The number of rotatable bonds is 3. The molecule has 1 fully saturated rings. The van der Waals surface area contributed by atoms with Gasteiger partial charge in [0.05, 0.1) is 11.3 Å². The van der Waals surface area contributed by atoms with Crippen molar-refractivity contribution >= 4 is 22.4 Å². The third-order valence-electron chi connectivity index (χ3n) is 4.63. The number of benzene rings is 2. The van der Waals surface area contributed by atoms with Crippen molar-refractivity contribution in [3.05, 3.63) is 70.9 Å². The molecule has 0 saturated carbocycles. The van der Waals surface area contributed by atoms with E-state index in [4.69, 9.17) is 0 Å². The first kappa shape index (κ1) is 18.5. The minimum absolute atomic E-state index is 0.123. The number of carbonyl (C=O) groups is 1. The summed E-state index contributed by atoms with van der Waals surface area (Å²) in [7, 11) is 0. The molecule has 4 rings (SSSR count). The molecule has 0 N–H and O–H groups in total. The standard InChI is InChI=1S/C20H16F3N3OS/c21-14-3-1-13(2-4-14)18-12-28-20(24-18)26-9-7-25(8-10-26)19(27)16-6-5-15(22)11-17(16)23/h1-6,11-12H,7-10H2. The molecule has 0 bridgehead atoms. The quantitative estimate of drug-likeness (QED) is 0.658. The Kier molecular flexibility index (Phi) is 5.04. The highest BCUT2D eigenvalue weighted by molar-refractivity contribution is 7.14. The van der Waals surface area contributed by atoms with Crippen molar-refractivity contribution < 1.29 is 18.0 Å². The maximum absolute atomic E-state index is 13.9. The van der Waals surface area contributed by atoms with E-state index in [2.05, 4.69) is 9.88 Å². The molecule has 0 atom stereocenters. The molecule has 1 aliphatic rings. The van der Waals surface area contributed by atoms with E-state index in [9.17, 15) is 18.0 Å². The van der Waals surface area contributed by atoms with Gasteiger partial charge >= 0.3 is 0 Å². The largest absolute Gasteiger partial charge is 0.345 e. The van der Waals surface area contributed by atoms with Crippen LogP contribution in [0.3, 0.4) is 0 Å². The van der Waals surface area contributed by atoms with Crippen LogP contribution in [0.5, 0.6) is 0 Å². The maximum Gasteiger partial charge on any atom is 0.256 e. The van der Waals surface area contributed by atoms with Gasteiger partial charge in [-0.1, -0.05) is 0 Å². The van der Waals surface area contributed by atoms with Crippen LogP contribution in [-0.2, 0) is 0 Å². The van der Waals surface area contributed by atoms with Gasteiger partial charge in [0.15, 0.2) is 5.13 Å².